The third kappa shape index (κ3) is 4.74. The van der Waals surface area contributed by atoms with Gasteiger partial charge in [0, 0.05) is 41.2 Å². The van der Waals surface area contributed by atoms with Crippen molar-refractivity contribution in [2.75, 3.05) is 11.9 Å². The largest absolute Gasteiger partial charge is 0.352 e. The summed E-state index contributed by atoms with van der Waals surface area (Å²) in [5.41, 5.74) is 8.58. The van der Waals surface area contributed by atoms with E-state index in [1.165, 1.54) is 18.3 Å². The van der Waals surface area contributed by atoms with Crippen LogP contribution in [0, 0.1) is 10.1 Å². The van der Waals surface area contributed by atoms with E-state index in [1.54, 1.807) is 24.7 Å². The summed E-state index contributed by atoms with van der Waals surface area (Å²) in [5, 5.41) is 14.4. The zero-order valence-corrected chi connectivity index (χ0v) is 18.7. The number of aromatic amines is 1. The maximum atomic E-state index is 10.8. The maximum absolute atomic E-state index is 10.8. The van der Waals surface area contributed by atoms with Crippen molar-refractivity contribution in [3.8, 4) is 22.6 Å². The van der Waals surface area contributed by atoms with E-state index in [2.05, 4.69) is 46.2 Å². The van der Waals surface area contributed by atoms with Gasteiger partial charge in [-0.05, 0) is 18.2 Å². The summed E-state index contributed by atoms with van der Waals surface area (Å²) < 4.78 is 0.847. The van der Waals surface area contributed by atoms with Gasteiger partial charge in [-0.3, -0.25) is 15.1 Å². The molecule has 0 aliphatic heterocycles. The SMILES string of the molecule is NC(CNc1ncc(-c2ncc[nH]2)c(-c2ccc(Br)cc2Cl)n1)c1ccc([N+](=O)[O-])cn1. The molecule has 0 fully saturated rings. The first-order valence-electron chi connectivity index (χ1n) is 9.34. The van der Waals surface area contributed by atoms with Crippen molar-refractivity contribution in [3.05, 3.63) is 80.4 Å². The molecule has 0 spiro atoms. The van der Waals surface area contributed by atoms with Crippen LogP contribution in [0.4, 0.5) is 11.6 Å². The van der Waals surface area contributed by atoms with Crippen LogP contribution in [0.25, 0.3) is 22.6 Å². The average molecular weight is 516 g/mol. The van der Waals surface area contributed by atoms with Crippen LogP contribution in [-0.4, -0.2) is 36.4 Å². The van der Waals surface area contributed by atoms with Gasteiger partial charge in [-0.1, -0.05) is 33.6 Å². The number of pyridine rings is 1. The van der Waals surface area contributed by atoms with Crippen molar-refractivity contribution in [1.29, 1.82) is 0 Å². The van der Waals surface area contributed by atoms with Crippen LogP contribution < -0.4 is 11.1 Å². The van der Waals surface area contributed by atoms with Gasteiger partial charge in [0.25, 0.3) is 5.69 Å². The lowest BCUT2D eigenvalue weighted by atomic mass is 10.1. The summed E-state index contributed by atoms with van der Waals surface area (Å²) in [6, 6.07) is 7.89. The Morgan fingerprint density at radius 1 is 1.19 bits per heavy atom. The van der Waals surface area contributed by atoms with Gasteiger partial charge in [-0.2, -0.15) is 0 Å². The van der Waals surface area contributed by atoms with E-state index in [1.807, 2.05) is 12.1 Å². The van der Waals surface area contributed by atoms with E-state index in [9.17, 15) is 10.1 Å². The fourth-order valence-electron chi connectivity index (χ4n) is 2.97. The van der Waals surface area contributed by atoms with Crippen LogP contribution in [0.2, 0.25) is 5.02 Å². The third-order valence-corrected chi connectivity index (χ3v) is 5.38. The Bertz CT molecular complexity index is 1250. The highest BCUT2D eigenvalue weighted by Crippen LogP contribution is 2.35. The fraction of sp³-hybridized carbons (Fsp3) is 0.100. The van der Waals surface area contributed by atoms with Crippen molar-refractivity contribution in [1.82, 2.24) is 24.9 Å². The molecule has 32 heavy (non-hydrogen) atoms. The molecule has 0 aliphatic carbocycles. The predicted molar refractivity (Wildman–Crippen MR) is 124 cm³/mol. The third-order valence-electron chi connectivity index (χ3n) is 4.57. The number of anilines is 1. The van der Waals surface area contributed by atoms with Crippen molar-refractivity contribution in [2.45, 2.75) is 6.04 Å². The molecule has 0 aliphatic rings. The predicted octanol–water partition coefficient (Wildman–Crippen LogP) is 4.36. The van der Waals surface area contributed by atoms with Gasteiger partial charge < -0.3 is 16.0 Å². The Labute approximate surface area is 195 Å². The number of rotatable bonds is 7. The molecular weight excluding hydrogens is 500 g/mol. The molecule has 0 amide bonds. The molecule has 1 aromatic carbocycles. The summed E-state index contributed by atoms with van der Waals surface area (Å²) in [4.78, 5) is 30.7. The molecule has 4 aromatic rings. The van der Waals surface area contributed by atoms with Gasteiger partial charge in [-0.15, -0.1) is 0 Å². The highest BCUT2D eigenvalue weighted by atomic mass is 79.9. The van der Waals surface area contributed by atoms with Crippen molar-refractivity contribution in [2.24, 2.45) is 5.73 Å². The van der Waals surface area contributed by atoms with Crippen molar-refractivity contribution < 1.29 is 4.92 Å². The number of benzene rings is 1. The number of hydrogen-bond donors (Lipinski definition) is 3. The summed E-state index contributed by atoms with van der Waals surface area (Å²) in [6.45, 7) is 0.262. The Morgan fingerprint density at radius 3 is 2.69 bits per heavy atom. The molecule has 3 heterocycles. The van der Waals surface area contributed by atoms with Gasteiger partial charge in [0.15, 0.2) is 0 Å². The molecule has 4 rings (SSSR count). The van der Waals surface area contributed by atoms with Gasteiger partial charge >= 0.3 is 0 Å². The first-order valence-corrected chi connectivity index (χ1v) is 10.5. The van der Waals surface area contributed by atoms with Gasteiger partial charge in [0.05, 0.1) is 32.9 Å². The second-order valence-electron chi connectivity index (χ2n) is 6.70. The number of nitro groups is 1. The molecule has 1 unspecified atom stereocenters. The minimum Gasteiger partial charge on any atom is -0.352 e. The zero-order chi connectivity index (χ0) is 22.7. The molecular formula is C20H16BrClN8O2. The van der Waals surface area contributed by atoms with Gasteiger partial charge in [-0.25, -0.2) is 15.0 Å². The van der Waals surface area contributed by atoms with Crippen LogP contribution >= 0.6 is 27.5 Å². The standard InChI is InChI=1S/C20H16BrClN8O2/c21-11-1-3-13(15(22)7-11)18-14(19-24-5-6-25-19)9-27-20(29-18)28-10-16(23)17-4-2-12(8-26-17)30(31)32/h1-9,16H,10,23H2,(H,24,25)(H,27,28,29). The van der Waals surface area contributed by atoms with E-state index in [0.717, 1.165) is 4.47 Å². The van der Waals surface area contributed by atoms with Crippen LogP contribution in [0.15, 0.2) is 59.6 Å². The molecule has 0 bridgehead atoms. The van der Waals surface area contributed by atoms with Gasteiger partial charge in [0.1, 0.15) is 12.0 Å². The first-order chi connectivity index (χ1) is 15.4. The lowest BCUT2D eigenvalue weighted by molar-refractivity contribution is -0.385. The minimum atomic E-state index is -0.524. The fourth-order valence-corrected chi connectivity index (χ4v) is 3.73. The second kappa shape index (κ2) is 9.39. The lowest BCUT2D eigenvalue weighted by Crippen LogP contribution is -2.22. The zero-order valence-electron chi connectivity index (χ0n) is 16.4. The van der Waals surface area contributed by atoms with Crippen LogP contribution in [0.5, 0.6) is 0 Å². The highest BCUT2D eigenvalue weighted by molar-refractivity contribution is 9.10. The second-order valence-corrected chi connectivity index (χ2v) is 8.03. The minimum absolute atomic E-state index is 0.0956. The van der Waals surface area contributed by atoms with E-state index in [4.69, 9.17) is 17.3 Å². The summed E-state index contributed by atoms with van der Waals surface area (Å²) in [7, 11) is 0. The first kappa shape index (κ1) is 21.8. The van der Waals surface area contributed by atoms with Crippen molar-refractivity contribution >= 4 is 39.2 Å². The number of nitrogens with two attached hydrogens (primary N) is 1. The number of nitrogens with one attached hydrogen (secondary N) is 2. The highest BCUT2D eigenvalue weighted by Gasteiger charge is 2.17. The molecule has 12 heteroatoms. The number of imidazole rings is 1. The number of nitrogens with zero attached hydrogens (tertiary/aromatic N) is 5. The Balaban J connectivity index is 1.60. The Hall–Kier alpha value is -3.41. The van der Waals surface area contributed by atoms with E-state index in [-0.39, 0.29) is 12.2 Å². The van der Waals surface area contributed by atoms with Crippen LogP contribution in [0.1, 0.15) is 11.7 Å². The summed E-state index contributed by atoms with van der Waals surface area (Å²) in [6.07, 6.45) is 6.18. The number of halogens is 2. The Kier molecular flexibility index (Phi) is 6.40. The molecule has 10 nitrogen and oxygen atoms in total. The van der Waals surface area contributed by atoms with Crippen LogP contribution in [-0.2, 0) is 0 Å². The average Bonchev–Trinajstić information content (AvgIpc) is 3.32. The van der Waals surface area contributed by atoms with Crippen molar-refractivity contribution in [3.63, 3.8) is 0 Å². The van der Waals surface area contributed by atoms with E-state index in [0.29, 0.717) is 39.3 Å². The lowest BCUT2D eigenvalue weighted by Gasteiger charge is -2.14. The summed E-state index contributed by atoms with van der Waals surface area (Å²) in [5.74, 6) is 0.948. The number of hydrogen-bond acceptors (Lipinski definition) is 8. The molecule has 3 aromatic heterocycles. The molecule has 0 radical (unpaired) electrons. The molecule has 1 atom stereocenters. The van der Waals surface area contributed by atoms with Crippen LogP contribution in [0.3, 0.4) is 0 Å². The number of aromatic nitrogens is 5. The quantitative estimate of drug-likeness (QED) is 0.243. The van der Waals surface area contributed by atoms with Gasteiger partial charge in [0.2, 0.25) is 5.95 Å². The summed E-state index contributed by atoms with van der Waals surface area (Å²) >= 11 is 9.89. The molecule has 0 saturated carbocycles. The normalized spacial score (nSPS) is 11.8. The molecule has 0 saturated heterocycles. The monoisotopic (exact) mass is 514 g/mol. The smallest absolute Gasteiger partial charge is 0.287 e. The molecule has 4 N–H and O–H groups in total. The topological polar surface area (TPSA) is 149 Å². The Morgan fingerprint density at radius 2 is 2.03 bits per heavy atom. The van der Waals surface area contributed by atoms with E-state index < -0.39 is 11.0 Å². The molecule has 162 valence electrons. The number of H-pyrrole nitrogens is 1. The maximum Gasteiger partial charge on any atom is 0.287 e. The van der Waals surface area contributed by atoms with E-state index >= 15 is 0 Å².